The summed E-state index contributed by atoms with van der Waals surface area (Å²) < 4.78 is 0.934. The Morgan fingerprint density at radius 2 is 1.43 bits per heavy atom. The van der Waals surface area contributed by atoms with Crippen molar-refractivity contribution in [2.45, 2.75) is 45.8 Å². The van der Waals surface area contributed by atoms with Crippen LogP contribution in [0.25, 0.3) is 10.8 Å². The van der Waals surface area contributed by atoms with Gasteiger partial charge < -0.3 is 21.3 Å². The second-order valence-corrected chi connectivity index (χ2v) is 8.46. The Kier molecular flexibility index (Phi) is 8.37. The zero-order valence-corrected chi connectivity index (χ0v) is 19.5. The molecular formula is C22H29BrN4O3. The lowest BCUT2D eigenvalue weighted by molar-refractivity contribution is -0.132. The summed E-state index contributed by atoms with van der Waals surface area (Å²) in [6.07, 6.45) is 0. The van der Waals surface area contributed by atoms with Gasteiger partial charge in [-0.2, -0.15) is 0 Å². The predicted octanol–water partition coefficient (Wildman–Crippen LogP) is 2.79. The van der Waals surface area contributed by atoms with Crippen LogP contribution >= 0.6 is 15.9 Å². The van der Waals surface area contributed by atoms with Crippen molar-refractivity contribution in [1.29, 1.82) is 0 Å². The quantitative estimate of drug-likeness (QED) is 0.470. The maximum absolute atomic E-state index is 12.7. The number of hydrogen-bond acceptors (Lipinski definition) is 4. The van der Waals surface area contributed by atoms with Gasteiger partial charge in [0.05, 0.1) is 6.04 Å². The predicted molar refractivity (Wildman–Crippen MR) is 123 cm³/mol. The lowest BCUT2D eigenvalue weighted by atomic mass is 10.0. The SMILES string of the molecule is CN[C@@H](C)C(=O)N[C@H](C(=O)N[C@@H](C)C(=O)Nc1ccc(Br)c2ccccc12)C(C)C. The van der Waals surface area contributed by atoms with Crippen LogP contribution in [0.4, 0.5) is 5.69 Å². The van der Waals surface area contributed by atoms with Crippen LogP contribution in [0, 0.1) is 5.92 Å². The second-order valence-electron chi connectivity index (χ2n) is 7.60. The molecule has 0 heterocycles. The first kappa shape index (κ1) is 23.8. The molecule has 0 spiro atoms. The lowest BCUT2D eigenvalue weighted by Crippen LogP contribution is -2.56. The largest absolute Gasteiger partial charge is 0.343 e. The Morgan fingerprint density at radius 1 is 0.800 bits per heavy atom. The van der Waals surface area contributed by atoms with E-state index in [-0.39, 0.29) is 17.7 Å². The fourth-order valence-electron chi connectivity index (χ4n) is 2.93. The number of fused-ring (bicyclic) bond motifs is 1. The average Bonchev–Trinajstić information content (AvgIpc) is 2.72. The van der Waals surface area contributed by atoms with Gasteiger partial charge in [0.25, 0.3) is 0 Å². The lowest BCUT2D eigenvalue weighted by Gasteiger charge is -2.25. The van der Waals surface area contributed by atoms with Gasteiger partial charge >= 0.3 is 0 Å². The first-order chi connectivity index (χ1) is 14.1. The maximum atomic E-state index is 12.7. The van der Waals surface area contributed by atoms with Gasteiger partial charge in [-0.3, -0.25) is 14.4 Å². The molecule has 30 heavy (non-hydrogen) atoms. The summed E-state index contributed by atoms with van der Waals surface area (Å²) >= 11 is 3.51. The highest BCUT2D eigenvalue weighted by molar-refractivity contribution is 9.10. The molecule has 2 aromatic carbocycles. The van der Waals surface area contributed by atoms with Crippen LogP contribution in [0.5, 0.6) is 0 Å². The Balaban J connectivity index is 2.08. The molecule has 0 unspecified atom stereocenters. The molecule has 4 N–H and O–H groups in total. The molecule has 0 aromatic heterocycles. The number of hydrogen-bond donors (Lipinski definition) is 4. The minimum Gasteiger partial charge on any atom is -0.343 e. The third-order valence-electron chi connectivity index (χ3n) is 4.95. The Morgan fingerprint density at radius 3 is 2.03 bits per heavy atom. The van der Waals surface area contributed by atoms with E-state index in [1.165, 1.54) is 0 Å². The molecule has 8 heteroatoms. The first-order valence-corrected chi connectivity index (χ1v) is 10.7. The second kappa shape index (κ2) is 10.5. The van der Waals surface area contributed by atoms with Crippen molar-refractivity contribution < 1.29 is 14.4 Å². The maximum Gasteiger partial charge on any atom is 0.246 e. The molecule has 0 aliphatic carbocycles. The zero-order valence-electron chi connectivity index (χ0n) is 17.9. The molecule has 3 atom stereocenters. The van der Waals surface area contributed by atoms with Gasteiger partial charge in [0, 0.05) is 15.5 Å². The number of benzene rings is 2. The molecule has 0 saturated heterocycles. The standard InChI is InChI=1S/C22H29BrN4O3/c1-12(2)19(27-20(28)13(3)24-5)22(30)25-14(4)21(29)26-18-11-10-17(23)15-8-6-7-9-16(15)18/h6-14,19,24H,1-5H3,(H,25,30)(H,26,29)(H,27,28)/t13-,14-,19-/m0/s1. The van der Waals surface area contributed by atoms with Gasteiger partial charge in [0.1, 0.15) is 12.1 Å². The van der Waals surface area contributed by atoms with Crippen molar-refractivity contribution in [3.63, 3.8) is 0 Å². The number of nitrogens with one attached hydrogen (secondary N) is 4. The fraction of sp³-hybridized carbons (Fsp3) is 0.409. The molecule has 2 aromatic rings. The van der Waals surface area contributed by atoms with Crippen LogP contribution in [0.3, 0.4) is 0 Å². The molecule has 3 amide bonds. The number of carbonyl (C=O) groups is 3. The number of amides is 3. The van der Waals surface area contributed by atoms with Crippen molar-refractivity contribution in [2.75, 3.05) is 12.4 Å². The van der Waals surface area contributed by atoms with Crippen LogP contribution in [0.15, 0.2) is 40.9 Å². The van der Waals surface area contributed by atoms with E-state index in [1.807, 2.05) is 50.2 Å². The van der Waals surface area contributed by atoms with E-state index < -0.39 is 24.0 Å². The molecule has 2 rings (SSSR count). The van der Waals surface area contributed by atoms with Crippen molar-refractivity contribution in [1.82, 2.24) is 16.0 Å². The molecule has 0 aliphatic heterocycles. The van der Waals surface area contributed by atoms with Gasteiger partial charge in [-0.15, -0.1) is 0 Å². The van der Waals surface area contributed by atoms with Crippen molar-refractivity contribution >= 4 is 50.1 Å². The monoisotopic (exact) mass is 476 g/mol. The summed E-state index contributed by atoms with van der Waals surface area (Å²) in [6, 6.07) is 9.45. The van der Waals surface area contributed by atoms with Crippen molar-refractivity contribution in [3.8, 4) is 0 Å². The highest BCUT2D eigenvalue weighted by atomic mass is 79.9. The smallest absolute Gasteiger partial charge is 0.246 e. The van der Waals surface area contributed by atoms with Gasteiger partial charge in [-0.25, -0.2) is 0 Å². The molecular weight excluding hydrogens is 448 g/mol. The Bertz CT molecular complexity index is 932. The van der Waals surface area contributed by atoms with E-state index in [2.05, 4.69) is 37.2 Å². The fourth-order valence-corrected chi connectivity index (χ4v) is 3.40. The van der Waals surface area contributed by atoms with E-state index in [0.717, 1.165) is 15.2 Å². The number of halogens is 1. The van der Waals surface area contributed by atoms with Gasteiger partial charge in [0.15, 0.2) is 0 Å². The zero-order chi connectivity index (χ0) is 22.4. The summed E-state index contributed by atoms with van der Waals surface area (Å²) in [5.41, 5.74) is 0.663. The number of carbonyl (C=O) groups excluding carboxylic acids is 3. The molecule has 162 valence electrons. The first-order valence-electron chi connectivity index (χ1n) is 9.91. The number of rotatable bonds is 8. The van der Waals surface area contributed by atoms with E-state index in [4.69, 9.17) is 0 Å². The number of anilines is 1. The number of likely N-dealkylation sites (N-methyl/N-ethyl adjacent to an activating group) is 1. The molecule has 0 aliphatic rings. The van der Waals surface area contributed by atoms with E-state index in [0.29, 0.717) is 5.69 Å². The highest BCUT2D eigenvalue weighted by Gasteiger charge is 2.28. The topological polar surface area (TPSA) is 99.3 Å². The summed E-state index contributed by atoms with van der Waals surface area (Å²) in [5.74, 6) is -1.15. The van der Waals surface area contributed by atoms with Crippen LogP contribution in [0.2, 0.25) is 0 Å². The third-order valence-corrected chi connectivity index (χ3v) is 5.65. The van der Waals surface area contributed by atoms with Gasteiger partial charge in [-0.05, 0) is 44.3 Å². The molecule has 0 bridgehead atoms. The van der Waals surface area contributed by atoms with E-state index >= 15 is 0 Å². The van der Waals surface area contributed by atoms with Gasteiger partial charge in [-0.1, -0.05) is 54.0 Å². The normalized spacial score (nSPS) is 14.1. The molecule has 7 nitrogen and oxygen atoms in total. The highest BCUT2D eigenvalue weighted by Crippen LogP contribution is 2.30. The van der Waals surface area contributed by atoms with Crippen LogP contribution in [-0.4, -0.2) is 42.9 Å². The van der Waals surface area contributed by atoms with Crippen molar-refractivity contribution in [2.24, 2.45) is 5.92 Å². The van der Waals surface area contributed by atoms with E-state index in [9.17, 15) is 14.4 Å². The molecule has 0 radical (unpaired) electrons. The minimum atomic E-state index is -0.778. The van der Waals surface area contributed by atoms with Crippen LogP contribution in [-0.2, 0) is 14.4 Å². The van der Waals surface area contributed by atoms with Crippen LogP contribution in [0.1, 0.15) is 27.7 Å². The Labute approximate surface area is 185 Å². The third kappa shape index (κ3) is 5.79. The van der Waals surface area contributed by atoms with Crippen LogP contribution < -0.4 is 21.3 Å². The summed E-state index contributed by atoms with van der Waals surface area (Å²) in [7, 11) is 1.67. The Hall–Kier alpha value is -2.45. The summed E-state index contributed by atoms with van der Waals surface area (Å²) in [5, 5.41) is 13.0. The average molecular weight is 477 g/mol. The summed E-state index contributed by atoms with van der Waals surface area (Å²) in [6.45, 7) is 7.01. The molecule has 0 fully saturated rings. The summed E-state index contributed by atoms with van der Waals surface area (Å²) in [4.78, 5) is 37.6. The van der Waals surface area contributed by atoms with Crippen molar-refractivity contribution in [3.05, 3.63) is 40.9 Å². The van der Waals surface area contributed by atoms with E-state index in [1.54, 1.807) is 20.9 Å². The van der Waals surface area contributed by atoms with Gasteiger partial charge in [0.2, 0.25) is 17.7 Å². The minimum absolute atomic E-state index is 0.135. The molecule has 0 saturated carbocycles.